The van der Waals surface area contributed by atoms with Crippen LogP contribution in [0.2, 0.25) is 0 Å². The molecular weight excluding hydrogens is 330 g/mol. The summed E-state index contributed by atoms with van der Waals surface area (Å²) in [6.45, 7) is 7.30. The number of ether oxygens (including phenoxy) is 2. The van der Waals surface area contributed by atoms with Gasteiger partial charge in [0, 0.05) is 24.1 Å². The van der Waals surface area contributed by atoms with Crippen LogP contribution in [0.1, 0.15) is 51.5 Å². The van der Waals surface area contributed by atoms with Gasteiger partial charge in [0.25, 0.3) is 5.91 Å². The first-order chi connectivity index (χ1) is 12.3. The second-order valence-corrected chi connectivity index (χ2v) is 8.28. The zero-order chi connectivity index (χ0) is 18.9. The van der Waals surface area contributed by atoms with Gasteiger partial charge >= 0.3 is 0 Å². The van der Waals surface area contributed by atoms with Crippen molar-refractivity contribution < 1.29 is 19.4 Å². The number of carbonyl (C=O) groups is 1. The van der Waals surface area contributed by atoms with Gasteiger partial charge in [-0.15, -0.1) is 0 Å². The summed E-state index contributed by atoms with van der Waals surface area (Å²) < 4.78 is 11.0. The molecule has 1 heterocycles. The van der Waals surface area contributed by atoms with Crippen molar-refractivity contribution in [2.24, 2.45) is 17.8 Å². The molecule has 0 radical (unpaired) electrons. The molecule has 4 atom stereocenters. The van der Waals surface area contributed by atoms with E-state index >= 15 is 0 Å². The summed E-state index contributed by atoms with van der Waals surface area (Å²) in [5, 5.41) is 14.2. The highest BCUT2D eigenvalue weighted by Crippen LogP contribution is 2.41. The van der Waals surface area contributed by atoms with Crippen LogP contribution in [-0.2, 0) is 4.79 Å². The highest BCUT2D eigenvalue weighted by Gasteiger charge is 2.48. The second kappa shape index (κ2) is 7.47. The summed E-state index contributed by atoms with van der Waals surface area (Å²) >= 11 is 0. The predicted molar refractivity (Wildman–Crippen MR) is 101 cm³/mol. The highest BCUT2D eigenvalue weighted by molar-refractivity contribution is 5.85. The largest absolute Gasteiger partial charge is 0.497 e. The molecule has 0 spiro atoms. The van der Waals surface area contributed by atoms with E-state index in [1.54, 1.807) is 7.11 Å². The Hall–Kier alpha value is -1.75. The van der Waals surface area contributed by atoms with Gasteiger partial charge in [0.15, 0.2) is 0 Å². The zero-order valence-electron chi connectivity index (χ0n) is 16.2. The fourth-order valence-electron chi connectivity index (χ4n) is 4.56. The molecule has 1 aromatic carbocycles. The summed E-state index contributed by atoms with van der Waals surface area (Å²) in [6.07, 6.45) is 2.51. The first-order valence-electron chi connectivity index (χ1n) is 9.66. The third-order valence-corrected chi connectivity index (χ3v) is 6.05. The summed E-state index contributed by atoms with van der Waals surface area (Å²) in [7, 11) is 1.63. The molecule has 1 fully saturated rings. The molecule has 0 aromatic heterocycles. The van der Waals surface area contributed by atoms with Gasteiger partial charge in [0.2, 0.25) is 0 Å². The SMILES string of the molecule is COc1ccc2c(c1)OCC2CNC(=O)C1(O)CC(C)CCC1C(C)C. The van der Waals surface area contributed by atoms with Crippen LogP contribution in [0, 0.1) is 17.8 Å². The number of hydrogen-bond acceptors (Lipinski definition) is 4. The van der Waals surface area contributed by atoms with Crippen molar-refractivity contribution in [3.8, 4) is 11.5 Å². The highest BCUT2D eigenvalue weighted by atomic mass is 16.5. The maximum absolute atomic E-state index is 12.9. The summed E-state index contributed by atoms with van der Waals surface area (Å²) in [5.41, 5.74) is -0.191. The average molecular weight is 361 g/mol. The third kappa shape index (κ3) is 3.54. The van der Waals surface area contributed by atoms with Crippen molar-refractivity contribution in [2.75, 3.05) is 20.3 Å². The molecule has 5 heteroatoms. The van der Waals surface area contributed by atoms with Gasteiger partial charge in [0.05, 0.1) is 13.7 Å². The second-order valence-electron chi connectivity index (χ2n) is 8.28. The van der Waals surface area contributed by atoms with E-state index in [2.05, 4.69) is 26.1 Å². The smallest absolute Gasteiger partial charge is 0.252 e. The summed E-state index contributed by atoms with van der Waals surface area (Å²) in [5.74, 6) is 2.10. The minimum Gasteiger partial charge on any atom is -0.497 e. The molecule has 1 saturated carbocycles. The molecular formula is C21H31NO4. The fourth-order valence-corrected chi connectivity index (χ4v) is 4.56. The minimum absolute atomic E-state index is 0.00933. The van der Waals surface area contributed by atoms with Crippen LogP contribution in [0.4, 0.5) is 0 Å². The van der Waals surface area contributed by atoms with Crippen LogP contribution in [0.25, 0.3) is 0 Å². The minimum atomic E-state index is -1.27. The number of nitrogens with one attached hydrogen (secondary N) is 1. The molecule has 1 aliphatic carbocycles. The molecule has 0 bridgehead atoms. The van der Waals surface area contributed by atoms with Crippen LogP contribution in [0.3, 0.4) is 0 Å². The van der Waals surface area contributed by atoms with E-state index in [4.69, 9.17) is 9.47 Å². The van der Waals surface area contributed by atoms with Crippen LogP contribution < -0.4 is 14.8 Å². The standard InChI is InChI=1S/C21H31NO4/c1-13(2)18-8-5-14(3)10-21(18,24)20(23)22-11-15-12-26-19-9-16(25-4)6-7-17(15)19/h6-7,9,13-15,18,24H,5,8,10-12H2,1-4H3,(H,22,23). The number of amides is 1. The first kappa shape index (κ1) is 19.0. The van der Waals surface area contributed by atoms with Crippen LogP contribution >= 0.6 is 0 Å². The normalized spacial score (nSPS) is 30.6. The molecule has 144 valence electrons. The van der Waals surface area contributed by atoms with E-state index in [1.165, 1.54) is 0 Å². The molecule has 2 aliphatic rings. The van der Waals surface area contributed by atoms with Gasteiger partial charge in [-0.1, -0.05) is 33.3 Å². The lowest BCUT2D eigenvalue weighted by molar-refractivity contribution is -0.155. The summed E-state index contributed by atoms with van der Waals surface area (Å²) in [6, 6.07) is 5.78. The first-order valence-corrected chi connectivity index (χ1v) is 9.66. The molecule has 2 N–H and O–H groups in total. The quantitative estimate of drug-likeness (QED) is 0.846. The number of aliphatic hydroxyl groups is 1. The van der Waals surface area contributed by atoms with E-state index < -0.39 is 5.60 Å². The Bertz CT molecular complexity index is 659. The Balaban J connectivity index is 1.67. The Labute approximate surface area is 156 Å². The number of rotatable bonds is 5. The molecule has 26 heavy (non-hydrogen) atoms. The topological polar surface area (TPSA) is 67.8 Å². The third-order valence-electron chi connectivity index (χ3n) is 6.05. The maximum Gasteiger partial charge on any atom is 0.252 e. The van der Waals surface area contributed by atoms with Gasteiger partial charge in [-0.25, -0.2) is 0 Å². The molecule has 0 saturated heterocycles. The number of carbonyl (C=O) groups excluding carboxylic acids is 1. The van der Waals surface area contributed by atoms with E-state index in [0.717, 1.165) is 29.9 Å². The maximum atomic E-state index is 12.9. The van der Waals surface area contributed by atoms with Gasteiger partial charge in [-0.05, 0) is 36.7 Å². The summed E-state index contributed by atoms with van der Waals surface area (Å²) in [4.78, 5) is 12.9. The van der Waals surface area contributed by atoms with E-state index in [9.17, 15) is 9.90 Å². The van der Waals surface area contributed by atoms with E-state index in [0.29, 0.717) is 25.5 Å². The molecule has 1 amide bonds. The van der Waals surface area contributed by atoms with Crippen molar-refractivity contribution in [1.29, 1.82) is 0 Å². The Morgan fingerprint density at radius 1 is 1.42 bits per heavy atom. The van der Waals surface area contributed by atoms with E-state index in [1.807, 2.05) is 18.2 Å². The van der Waals surface area contributed by atoms with Crippen molar-refractivity contribution in [2.45, 2.75) is 51.6 Å². The van der Waals surface area contributed by atoms with Crippen molar-refractivity contribution in [3.63, 3.8) is 0 Å². The predicted octanol–water partition coefficient (Wildman–Crippen LogP) is 3.11. The van der Waals surface area contributed by atoms with Gasteiger partial charge < -0.3 is 19.9 Å². The molecule has 3 rings (SSSR count). The number of hydrogen-bond donors (Lipinski definition) is 2. The van der Waals surface area contributed by atoms with Crippen LogP contribution in [0.5, 0.6) is 11.5 Å². The van der Waals surface area contributed by atoms with Gasteiger partial charge in [-0.2, -0.15) is 0 Å². The van der Waals surface area contributed by atoms with Crippen LogP contribution in [-0.4, -0.2) is 36.9 Å². The average Bonchev–Trinajstić information content (AvgIpc) is 3.01. The number of benzene rings is 1. The lowest BCUT2D eigenvalue weighted by atomic mass is 9.66. The Morgan fingerprint density at radius 3 is 2.88 bits per heavy atom. The lowest BCUT2D eigenvalue weighted by Gasteiger charge is -2.43. The van der Waals surface area contributed by atoms with Gasteiger partial charge in [-0.3, -0.25) is 4.79 Å². The van der Waals surface area contributed by atoms with Gasteiger partial charge in [0.1, 0.15) is 17.1 Å². The fraction of sp³-hybridized carbons (Fsp3) is 0.667. The zero-order valence-corrected chi connectivity index (χ0v) is 16.2. The molecule has 1 aromatic rings. The van der Waals surface area contributed by atoms with Crippen LogP contribution in [0.15, 0.2) is 18.2 Å². The molecule has 4 unspecified atom stereocenters. The van der Waals surface area contributed by atoms with Crippen molar-refractivity contribution >= 4 is 5.91 Å². The number of fused-ring (bicyclic) bond motifs is 1. The monoisotopic (exact) mass is 361 g/mol. The Kier molecular flexibility index (Phi) is 5.47. The lowest BCUT2D eigenvalue weighted by Crippen LogP contribution is -2.56. The van der Waals surface area contributed by atoms with Crippen molar-refractivity contribution in [1.82, 2.24) is 5.32 Å². The molecule has 1 aliphatic heterocycles. The number of methoxy groups -OCH3 is 1. The van der Waals surface area contributed by atoms with Crippen molar-refractivity contribution in [3.05, 3.63) is 23.8 Å². The Morgan fingerprint density at radius 2 is 2.19 bits per heavy atom. The molecule has 5 nitrogen and oxygen atoms in total. The van der Waals surface area contributed by atoms with E-state index in [-0.39, 0.29) is 23.7 Å².